The van der Waals surface area contributed by atoms with Crippen LogP contribution in [0.5, 0.6) is 0 Å². The maximum absolute atomic E-state index is 13.1. The molecule has 2 aromatic carbocycles. The van der Waals surface area contributed by atoms with Crippen LogP contribution in [-0.2, 0) is 28.4 Å². The van der Waals surface area contributed by atoms with E-state index in [0.29, 0.717) is 11.1 Å². The largest absolute Gasteiger partial charge is 0.452 e. The van der Waals surface area contributed by atoms with Gasteiger partial charge in [-0.15, -0.1) is 0 Å². The van der Waals surface area contributed by atoms with Crippen LogP contribution >= 0.6 is 0 Å². The van der Waals surface area contributed by atoms with Crippen LogP contribution in [0.25, 0.3) is 12.2 Å². The van der Waals surface area contributed by atoms with Gasteiger partial charge in [-0.3, -0.25) is 0 Å². The molecular weight excluding hydrogens is 464 g/mol. The second-order valence-corrected chi connectivity index (χ2v) is 8.96. The lowest BCUT2D eigenvalue weighted by Crippen LogP contribution is -2.66. The Balaban J connectivity index is 1.63. The second kappa shape index (κ2) is 10.8. The summed E-state index contributed by atoms with van der Waals surface area (Å²) in [6, 6.07) is 13.5. The van der Waals surface area contributed by atoms with Crippen molar-refractivity contribution in [3.05, 3.63) is 83.9 Å². The van der Waals surface area contributed by atoms with Gasteiger partial charge in [0.05, 0.1) is 17.7 Å². The summed E-state index contributed by atoms with van der Waals surface area (Å²) in [5.41, 5.74) is 2.36. The van der Waals surface area contributed by atoms with Crippen molar-refractivity contribution in [1.29, 1.82) is 0 Å². The number of ether oxygens (including phenoxy) is 6. The van der Waals surface area contributed by atoms with E-state index in [4.69, 9.17) is 28.4 Å². The molecule has 0 amide bonds. The molecule has 2 heterocycles. The van der Waals surface area contributed by atoms with Gasteiger partial charge in [0.1, 0.15) is 12.2 Å². The fraction of sp³-hybridized carbons (Fsp3) is 0.357. The molecule has 2 aliphatic heterocycles. The molecule has 0 aliphatic carbocycles. The lowest BCUT2D eigenvalue weighted by atomic mass is 9.96. The Labute approximate surface area is 210 Å². The van der Waals surface area contributed by atoms with E-state index < -0.39 is 48.4 Å². The van der Waals surface area contributed by atoms with E-state index in [0.717, 1.165) is 11.1 Å². The van der Waals surface area contributed by atoms with Crippen molar-refractivity contribution in [2.24, 2.45) is 0 Å². The van der Waals surface area contributed by atoms with Gasteiger partial charge in [0.25, 0.3) is 0 Å². The number of hydrogen-bond acceptors (Lipinski definition) is 8. The molecule has 0 aromatic heterocycles. The normalized spacial score (nSPS) is 26.8. The van der Waals surface area contributed by atoms with Crippen molar-refractivity contribution in [1.82, 2.24) is 0 Å². The first-order valence-electron chi connectivity index (χ1n) is 11.6. The fourth-order valence-corrected chi connectivity index (χ4v) is 4.14. The minimum absolute atomic E-state index is 0.184. The number of carbonyl (C=O) groups is 2. The van der Waals surface area contributed by atoms with Gasteiger partial charge in [-0.2, -0.15) is 0 Å². The van der Waals surface area contributed by atoms with Crippen molar-refractivity contribution in [3.63, 3.8) is 0 Å². The van der Waals surface area contributed by atoms with Crippen molar-refractivity contribution in [2.45, 2.75) is 50.3 Å². The summed E-state index contributed by atoms with van der Waals surface area (Å²) in [5, 5.41) is 0. The highest BCUT2D eigenvalue weighted by Crippen LogP contribution is 2.36. The number of fused-ring (bicyclic) bond motifs is 1. The summed E-state index contributed by atoms with van der Waals surface area (Å²) in [4.78, 5) is 26.2. The highest BCUT2D eigenvalue weighted by atomic mass is 16.8. The Morgan fingerprint density at radius 1 is 0.889 bits per heavy atom. The second-order valence-electron chi connectivity index (χ2n) is 8.96. The SMILES string of the molecule is C=Cc1ccc(C(=O)O[C@H]2[C@H](OC(=O)c3ccc(C=C)cc3)[C@@H](OC)O[C@@H]3COC(C)(C)O[C@@H]23)cc1. The van der Waals surface area contributed by atoms with Crippen molar-refractivity contribution in [2.75, 3.05) is 13.7 Å². The number of esters is 2. The van der Waals surface area contributed by atoms with E-state index in [-0.39, 0.29) is 6.61 Å². The maximum atomic E-state index is 13.1. The summed E-state index contributed by atoms with van der Waals surface area (Å²) < 4.78 is 35.1. The van der Waals surface area contributed by atoms with E-state index in [9.17, 15) is 9.59 Å². The molecule has 190 valence electrons. The van der Waals surface area contributed by atoms with Gasteiger partial charge < -0.3 is 28.4 Å². The molecule has 0 saturated carbocycles. The Bertz CT molecular complexity index is 1110. The van der Waals surface area contributed by atoms with Gasteiger partial charge in [0, 0.05) is 7.11 Å². The molecule has 8 heteroatoms. The molecule has 2 aromatic rings. The zero-order valence-corrected chi connectivity index (χ0v) is 20.5. The van der Waals surface area contributed by atoms with Crippen molar-refractivity contribution >= 4 is 24.1 Å². The maximum Gasteiger partial charge on any atom is 0.338 e. The fourth-order valence-electron chi connectivity index (χ4n) is 4.14. The highest BCUT2D eigenvalue weighted by molar-refractivity contribution is 5.90. The minimum Gasteiger partial charge on any atom is -0.452 e. The van der Waals surface area contributed by atoms with Crippen molar-refractivity contribution in [3.8, 4) is 0 Å². The summed E-state index contributed by atoms with van der Waals surface area (Å²) in [6.45, 7) is 11.1. The summed E-state index contributed by atoms with van der Waals surface area (Å²) in [7, 11) is 1.42. The molecule has 0 N–H and O–H groups in total. The van der Waals surface area contributed by atoms with Crippen LogP contribution in [0.3, 0.4) is 0 Å². The molecule has 2 saturated heterocycles. The minimum atomic E-state index is -1.10. The number of benzene rings is 2. The molecule has 0 bridgehead atoms. The summed E-state index contributed by atoms with van der Waals surface area (Å²) in [6.07, 6.45) is -1.17. The predicted molar refractivity (Wildman–Crippen MR) is 132 cm³/mol. The third kappa shape index (κ3) is 5.57. The Morgan fingerprint density at radius 3 is 1.86 bits per heavy atom. The summed E-state index contributed by atoms with van der Waals surface area (Å²) >= 11 is 0. The number of methoxy groups -OCH3 is 1. The van der Waals surface area contributed by atoms with E-state index in [1.54, 1.807) is 74.5 Å². The molecule has 5 atom stereocenters. The van der Waals surface area contributed by atoms with E-state index in [2.05, 4.69) is 13.2 Å². The first-order valence-corrected chi connectivity index (χ1v) is 11.6. The topological polar surface area (TPSA) is 89.5 Å². The Kier molecular flexibility index (Phi) is 7.70. The molecular formula is C28H30O8. The molecule has 8 nitrogen and oxygen atoms in total. The van der Waals surface area contributed by atoms with E-state index >= 15 is 0 Å². The molecule has 0 unspecified atom stereocenters. The number of hydrogen-bond donors (Lipinski definition) is 0. The van der Waals surface area contributed by atoms with Gasteiger partial charge in [0.2, 0.25) is 0 Å². The molecule has 0 spiro atoms. The van der Waals surface area contributed by atoms with Crippen LogP contribution in [0.15, 0.2) is 61.7 Å². The van der Waals surface area contributed by atoms with Crippen LogP contribution in [0.2, 0.25) is 0 Å². The van der Waals surface area contributed by atoms with Gasteiger partial charge in [-0.1, -0.05) is 49.6 Å². The van der Waals surface area contributed by atoms with Gasteiger partial charge in [0.15, 0.2) is 24.3 Å². The Morgan fingerprint density at radius 2 is 1.39 bits per heavy atom. The van der Waals surface area contributed by atoms with Crippen LogP contribution < -0.4 is 0 Å². The van der Waals surface area contributed by atoms with Gasteiger partial charge in [-0.25, -0.2) is 9.59 Å². The smallest absolute Gasteiger partial charge is 0.338 e. The third-order valence-corrected chi connectivity index (χ3v) is 6.09. The van der Waals surface area contributed by atoms with E-state index in [1.807, 2.05) is 0 Å². The molecule has 36 heavy (non-hydrogen) atoms. The first-order chi connectivity index (χ1) is 17.2. The average molecular weight is 495 g/mol. The highest BCUT2D eigenvalue weighted by Gasteiger charge is 2.55. The Hall–Kier alpha value is -3.30. The molecule has 0 radical (unpaired) electrons. The monoisotopic (exact) mass is 494 g/mol. The van der Waals surface area contributed by atoms with Crippen LogP contribution in [0.1, 0.15) is 45.7 Å². The van der Waals surface area contributed by atoms with Crippen LogP contribution in [-0.4, -0.2) is 62.1 Å². The van der Waals surface area contributed by atoms with Gasteiger partial charge >= 0.3 is 11.9 Å². The van der Waals surface area contributed by atoms with Gasteiger partial charge in [-0.05, 0) is 49.2 Å². The lowest BCUT2D eigenvalue weighted by Gasteiger charge is -2.49. The third-order valence-electron chi connectivity index (χ3n) is 6.09. The first kappa shape index (κ1) is 25.8. The van der Waals surface area contributed by atoms with Crippen LogP contribution in [0.4, 0.5) is 0 Å². The zero-order chi connectivity index (χ0) is 25.9. The molecule has 4 rings (SSSR count). The average Bonchev–Trinajstić information content (AvgIpc) is 2.89. The molecule has 2 fully saturated rings. The number of rotatable bonds is 7. The molecule has 2 aliphatic rings. The van der Waals surface area contributed by atoms with Crippen molar-refractivity contribution < 1.29 is 38.0 Å². The van der Waals surface area contributed by atoms with Crippen LogP contribution in [0, 0.1) is 0 Å². The standard InChI is InChI=1S/C28H30O8/c1-6-17-8-12-19(13-9-17)25(29)34-23-22-21(16-32-28(3,4)36-22)33-27(31-5)24(23)35-26(30)20-14-10-18(7-2)11-15-20/h6-15,21-24,27H,1-2,16H2,3-5H3/t21-,22-,23-,24+,27+/m1/s1. The predicted octanol–water partition coefficient (Wildman–Crippen LogP) is 4.25. The zero-order valence-electron chi connectivity index (χ0n) is 20.5. The number of carbonyl (C=O) groups excluding carboxylic acids is 2. The van der Waals surface area contributed by atoms with E-state index in [1.165, 1.54) is 7.11 Å². The summed E-state index contributed by atoms with van der Waals surface area (Å²) in [5.74, 6) is -2.19. The quantitative estimate of drug-likeness (QED) is 0.528. The lowest BCUT2D eigenvalue weighted by molar-refractivity contribution is -0.378.